The standard InChI is InChI=1S/C19H21N3O3/c23-19(20-15-6-7-17-18(12-15)25-14-24-17)13-21-8-10-22(11-9-21)16-4-2-1-3-5-16/h1-7,12H,8-11,13-14H2,(H,20,23). The number of piperazine rings is 1. The van der Waals surface area contributed by atoms with Gasteiger partial charge in [-0.15, -0.1) is 0 Å². The second-order valence-electron chi connectivity index (χ2n) is 6.21. The number of anilines is 2. The molecule has 2 aromatic rings. The number of benzene rings is 2. The Bertz CT molecular complexity index is 743. The van der Waals surface area contributed by atoms with E-state index in [1.54, 1.807) is 6.07 Å². The van der Waals surface area contributed by atoms with E-state index >= 15 is 0 Å². The summed E-state index contributed by atoms with van der Waals surface area (Å²) < 4.78 is 10.6. The molecule has 2 aliphatic rings. The Hall–Kier alpha value is -2.73. The highest BCUT2D eigenvalue weighted by molar-refractivity contribution is 5.92. The Kier molecular flexibility index (Phi) is 4.43. The van der Waals surface area contributed by atoms with Crippen LogP contribution in [0.1, 0.15) is 0 Å². The quantitative estimate of drug-likeness (QED) is 0.925. The molecule has 6 heteroatoms. The summed E-state index contributed by atoms with van der Waals surface area (Å²) in [5.41, 5.74) is 1.98. The average molecular weight is 339 g/mol. The van der Waals surface area contributed by atoms with E-state index in [0.29, 0.717) is 12.3 Å². The van der Waals surface area contributed by atoms with Crippen LogP contribution in [-0.2, 0) is 4.79 Å². The lowest BCUT2D eigenvalue weighted by atomic mass is 10.2. The maximum atomic E-state index is 12.3. The smallest absolute Gasteiger partial charge is 0.238 e. The van der Waals surface area contributed by atoms with Crippen LogP contribution >= 0.6 is 0 Å². The van der Waals surface area contributed by atoms with Crippen molar-refractivity contribution in [1.82, 2.24) is 4.90 Å². The summed E-state index contributed by atoms with van der Waals surface area (Å²) in [6.45, 7) is 4.25. The first-order chi connectivity index (χ1) is 12.3. The van der Waals surface area contributed by atoms with Gasteiger partial charge in [0.1, 0.15) is 0 Å². The van der Waals surface area contributed by atoms with Crippen molar-refractivity contribution < 1.29 is 14.3 Å². The van der Waals surface area contributed by atoms with Crippen LogP contribution in [0.5, 0.6) is 11.5 Å². The molecule has 2 aromatic carbocycles. The van der Waals surface area contributed by atoms with Gasteiger partial charge in [-0.3, -0.25) is 9.69 Å². The summed E-state index contributed by atoms with van der Waals surface area (Å²) in [4.78, 5) is 16.8. The second kappa shape index (κ2) is 7.03. The predicted molar refractivity (Wildman–Crippen MR) is 96.3 cm³/mol. The topological polar surface area (TPSA) is 54.0 Å². The maximum Gasteiger partial charge on any atom is 0.238 e. The third-order valence-electron chi connectivity index (χ3n) is 4.52. The van der Waals surface area contributed by atoms with E-state index < -0.39 is 0 Å². The van der Waals surface area contributed by atoms with Crippen molar-refractivity contribution in [1.29, 1.82) is 0 Å². The van der Waals surface area contributed by atoms with E-state index in [1.807, 2.05) is 18.2 Å². The van der Waals surface area contributed by atoms with Gasteiger partial charge in [0, 0.05) is 43.6 Å². The number of para-hydroxylation sites is 1. The molecule has 130 valence electrons. The molecule has 4 rings (SSSR count). The van der Waals surface area contributed by atoms with Gasteiger partial charge < -0.3 is 19.7 Å². The Balaban J connectivity index is 1.28. The average Bonchev–Trinajstić information content (AvgIpc) is 3.11. The number of amides is 1. The van der Waals surface area contributed by atoms with E-state index in [9.17, 15) is 4.79 Å². The third kappa shape index (κ3) is 3.69. The minimum Gasteiger partial charge on any atom is -0.454 e. The molecule has 2 aliphatic heterocycles. The van der Waals surface area contributed by atoms with Crippen molar-refractivity contribution in [3.63, 3.8) is 0 Å². The molecule has 2 heterocycles. The summed E-state index contributed by atoms with van der Waals surface area (Å²) in [6, 6.07) is 15.8. The monoisotopic (exact) mass is 339 g/mol. The molecule has 6 nitrogen and oxygen atoms in total. The Morgan fingerprint density at radius 3 is 2.52 bits per heavy atom. The molecule has 1 fully saturated rings. The van der Waals surface area contributed by atoms with Gasteiger partial charge in [0.2, 0.25) is 12.7 Å². The molecule has 0 aromatic heterocycles. The first-order valence-corrected chi connectivity index (χ1v) is 8.50. The summed E-state index contributed by atoms with van der Waals surface area (Å²) in [7, 11) is 0. The number of ether oxygens (including phenoxy) is 2. The summed E-state index contributed by atoms with van der Waals surface area (Å²) in [5, 5.41) is 2.93. The van der Waals surface area contributed by atoms with E-state index in [2.05, 4.69) is 39.4 Å². The number of hydrogen-bond donors (Lipinski definition) is 1. The number of fused-ring (bicyclic) bond motifs is 1. The molecule has 1 N–H and O–H groups in total. The molecule has 0 bridgehead atoms. The fourth-order valence-electron chi connectivity index (χ4n) is 3.18. The van der Waals surface area contributed by atoms with Crippen molar-refractivity contribution in [2.45, 2.75) is 0 Å². The largest absolute Gasteiger partial charge is 0.454 e. The third-order valence-corrected chi connectivity index (χ3v) is 4.52. The fraction of sp³-hybridized carbons (Fsp3) is 0.316. The first kappa shape index (κ1) is 15.8. The normalized spacial score (nSPS) is 16.7. The highest BCUT2D eigenvalue weighted by Gasteiger charge is 2.20. The number of nitrogens with zero attached hydrogens (tertiary/aromatic N) is 2. The van der Waals surface area contributed by atoms with E-state index in [4.69, 9.17) is 9.47 Å². The van der Waals surface area contributed by atoms with Crippen LogP contribution in [0.15, 0.2) is 48.5 Å². The van der Waals surface area contributed by atoms with Gasteiger partial charge in [-0.05, 0) is 24.3 Å². The Labute approximate surface area is 146 Å². The minimum absolute atomic E-state index is 0.00738. The molecule has 25 heavy (non-hydrogen) atoms. The van der Waals surface area contributed by atoms with Gasteiger partial charge in [0.05, 0.1) is 6.54 Å². The van der Waals surface area contributed by atoms with E-state index in [1.165, 1.54) is 5.69 Å². The molecule has 0 radical (unpaired) electrons. The number of hydrogen-bond acceptors (Lipinski definition) is 5. The van der Waals surface area contributed by atoms with Crippen LogP contribution in [0.3, 0.4) is 0 Å². The van der Waals surface area contributed by atoms with Gasteiger partial charge in [0.15, 0.2) is 11.5 Å². The minimum atomic E-state index is -0.00738. The van der Waals surface area contributed by atoms with Crippen molar-refractivity contribution >= 4 is 17.3 Å². The zero-order valence-corrected chi connectivity index (χ0v) is 14.0. The first-order valence-electron chi connectivity index (χ1n) is 8.50. The molecule has 1 saturated heterocycles. The molecular weight excluding hydrogens is 318 g/mol. The van der Waals surface area contributed by atoms with Gasteiger partial charge in [-0.25, -0.2) is 0 Å². The van der Waals surface area contributed by atoms with Crippen molar-refractivity contribution in [2.24, 2.45) is 0 Å². The zero-order chi connectivity index (χ0) is 17.1. The lowest BCUT2D eigenvalue weighted by Gasteiger charge is -2.35. The number of carbonyl (C=O) groups is 1. The SMILES string of the molecule is O=C(CN1CCN(c2ccccc2)CC1)Nc1ccc2c(c1)OCO2. The van der Waals surface area contributed by atoms with Gasteiger partial charge >= 0.3 is 0 Å². The van der Waals surface area contributed by atoms with Gasteiger partial charge in [-0.1, -0.05) is 18.2 Å². The van der Waals surface area contributed by atoms with Crippen LogP contribution in [0.2, 0.25) is 0 Å². The zero-order valence-electron chi connectivity index (χ0n) is 14.0. The second-order valence-corrected chi connectivity index (χ2v) is 6.21. The van der Waals surface area contributed by atoms with Crippen molar-refractivity contribution in [2.75, 3.05) is 49.7 Å². The molecule has 0 atom stereocenters. The van der Waals surface area contributed by atoms with Crippen molar-refractivity contribution in [3.05, 3.63) is 48.5 Å². The van der Waals surface area contributed by atoms with Gasteiger partial charge in [0.25, 0.3) is 0 Å². The van der Waals surface area contributed by atoms with Crippen LogP contribution in [0.4, 0.5) is 11.4 Å². The predicted octanol–water partition coefficient (Wildman–Crippen LogP) is 2.18. The molecule has 1 amide bonds. The number of nitrogens with one attached hydrogen (secondary N) is 1. The summed E-state index contributed by atoms with van der Waals surface area (Å²) >= 11 is 0. The van der Waals surface area contributed by atoms with Crippen LogP contribution < -0.4 is 19.7 Å². The lowest BCUT2D eigenvalue weighted by molar-refractivity contribution is -0.117. The molecular formula is C19H21N3O3. The van der Waals surface area contributed by atoms with Crippen LogP contribution in [0, 0.1) is 0 Å². The Morgan fingerprint density at radius 2 is 1.72 bits per heavy atom. The van der Waals surface area contributed by atoms with Gasteiger partial charge in [-0.2, -0.15) is 0 Å². The molecule has 0 saturated carbocycles. The molecule has 0 spiro atoms. The summed E-state index contributed by atoms with van der Waals surface area (Å²) in [5.74, 6) is 1.39. The highest BCUT2D eigenvalue weighted by atomic mass is 16.7. The molecule has 0 unspecified atom stereocenters. The molecule has 0 aliphatic carbocycles. The Morgan fingerprint density at radius 1 is 0.960 bits per heavy atom. The van der Waals surface area contributed by atoms with Crippen LogP contribution in [0.25, 0.3) is 0 Å². The van der Waals surface area contributed by atoms with Crippen molar-refractivity contribution in [3.8, 4) is 11.5 Å². The van der Waals surface area contributed by atoms with E-state index in [-0.39, 0.29) is 12.7 Å². The van der Waals surface area contributed by atoms with E-state index in [0.717, 1.165) is 37.6 Å². The number of carbonyl (C=O) groups excluding carboxylic acids is 1. The fourth-order valence-corrected chi connectivity index (χ4v) is 3.18. The lowest BCUT2D eigenvalue weighted by Crippen LogP contribution is -2.48. The highest BCUT2D eigenvalue weighted by Crippen LogP contribution is 2.34. The number of rotatable bonds is 4. The summed E-state index contributed by atoms with van der Waals surface area (Å²) in [6.07, 6.45) is 0. The van der Waals surface area contributed by atoms with Crippen LogP contribution in [-0.4, -0.2) is 50.3 Å². The maximum absolute atomic E-state index is 12.3.